The molecule has 3 rings (SSSR count). The number of nitrogens with zero attached hydrogens (tertiary/aromatic N) is 2. The zero-order valence-electron chi connectivity index (χ0n) is 10.9. The number of hydrogen-bond donors (Lipinski definition) is 1. The molecule has 1 aliphatic heterocycles. The van der Waals surface area contributed by atoms with Crippen molar-refractivity contribution < 1.29 is 13.3 Å². The molecule has 1 aliphatic rings. The first-order valence-corrected chi connectivity index (χ1v) is 8.27. The fraction of sp³-hybridized carbons (Fsp3) is 0. The smallest absolute Gasteiger partial charge is 0.285 e. The summed E-state index contributed by atoms with van der Waals surface area (Å²) in [5.41, 5.74) is 0.656. The van der Waals surface area contributed by atoms with Crippen LogP contribution in [0.25, 0.3) is 0 Å². The van der Waals surface area contributed by atoms with Crippen LogP contribution >= 0.6 is 15.9 Å². The van der Waals surface area contributed by atoms with Gasteiger partial charge in [0, 0.05) is 22.2 Å². The summed E-state index contributed by atoms with van der Waals surface area (Å²) in [6, 6.07) is 10.8. The lowest BCUT2D eigenvalue weighted by Crippen LogP contribution is -2.11. The average molecular weight is 382 g/mol. The molecule has 0 fully saturated rings. The lowest BCUT2D eigenvalue weighted by molar-refractivity contribution is -0.385. The molecule has 0 unspecified atom stereocenters. The van der Waals surface area contributed by atoms with Crippen molar-refractivity contribution in [1.29, 1.82) is 0 Å². The minimum atomic E-state index is -3.94. The maximum Gasteiger partial charge on any atom is 0.285 e. The number of fused-ring (bicyclic) bond motifs is 1. The number of hydrogen-bond acceptors (Lipinski definition) is 5. The Balaban J connectivity index is 2.07. The highest BCUT2D eigenvalue weighted by Gasteiger charge is 2.31. The number of rotatable bonds is 2. The van der Waals surface area contributed by atoms with Gasteiger partial charge in [-0.15, -0.1) is 4.40 Å². The number of nitrogens with one attached hydrogen (secondary N) is 1. The lowest BCUT2D eigenvalue weighted by atomic mass is 10.2. The SMILES string of the molecule is O=[N+]([O-])c1ccc2c(c1)S(=O)(=O)N=C2Nc1ccccc1Br. The molecule has 0 saturated heterocycles. The first kappa shape index (κ1) is 14.7. The summed E-state index contributed by atoms with van der Waals surface area (Å²) in [5, 5.41) is 13.7. The molecule has 0 radical (unpaired) electrons. The fourth-order valence-corrected chi connectivity index (χ4v) is 3.61. The number of amidine groups is 1. The summed E-state index contributed by atoms with van der Waals surface area (Å²) in [5.74, 6) is 0.136. The van der Waals surface area contributed by atoms with Crippen LogP contribution in [0.4, 0.5) is 11.4 Å². The highest BCUT2D eigenvalue weighted by atomic mass is 79.9. The first-order chi connectivity index (χ1) is 10.4. The molecule has 7 nitrogen and oxygen atoms in total. The quantitative estimate of drug-likeness (QED) is 0.636. The van der Waals surface area contributed by atoms with E-state index in [4.69, 9.17) is 0 Å². The van der Waals surface area contributed by atoms with Crippen molar-refractivity contribution in [2.75, 3.05) is 5.32 Å². The minimum Gasteiger partial charge on any atom is -0.338 e. The second-order valence-electron chi connectivity index (χ2n) is 4.46. The van der Waals surface area contributed by atoms with Gasteiger partial charge in [-0.05, 0) is 34.1 Å². The van der Waals surface area contributed by atoms with Crippen molar-refractivity contribution in [2.24, 2.45) is 4.40 Å². The Morgan fingerprint density at radius 2 is 1.91 bits per heavy atom. The van der Waals surface area contributed by atoms with Gasteiger partial charge in [-0.25, -0.2) is 0 Å². The Hall–Kier alpha value is -2.26. The molecule has 0 aromatic heterocycles. The predicted octanol–water partition coefficient (Wildman–Crippen LogP) is 2.92. The van der Waals surface area contributed by atoms with Crippen LogP contribution in [0.5, 0.6) is 0 Å². The Labute approximate surface area is 134 Å². The van der Waals surface area contributed by atoms with E-state index in [1.807, 2.05) is 6.07 Å². The van der Waals surface area contributed by atoms with Crippen LogP contribution < -0.4 is 5.32 Å². The minimum absolute atomic E-state index is 0.136. The molecule has 0 aliphatic carbocycles. The number of para-hydroxylation sites is 1. The highest BCUT2D eigenvalue weighted by molar-refractivity contribution is 9.10. The Bertz CT molecular complexity index is 925. The van der Waals surface area contributed by atoms with Gasteiger partial charge in [-0.2, -0.15) is 8.42 Å². The van der Waals surface area contributed by atoms with Crippen molar-refractivity contribution in [3.63, 3.8) is 0 Å². The van der Waals surface area contributed by atoms with Crippen LogP contribution in [0, 0.1) is 10.1 Å². The van der Waals surface area contributed by atoms with E-state index in [9.17, 15) is 18.5 Å². The van der Waals surface area contributed by atoms with Crippen molar-refractivity contribution in [3.05, 3.63) is 62.6 Å². The van der Waals surface area contributed by atoms with E-state index in [-0.39, 0.29) is 16.4 Å². The van der Waals surface area contributed by atoms with Gasteiger partial charge >= 0.3 is 0 Å². The summed E-state index contributed by atoms with van der Waals surface area (Å²) in [6.45, 7) is 0. The van der Waals surface area contributed by atoms with Crippen LogP contribution in [0.15, 0.2) is 56.2 Å². The third-order valence-electron chi connectivity index (χ3n) is 3.05. The van der Waals surface area contributed by atoms with Gasteiger partial charge in [0.1, 0.15) is 4.90 Å². The first-order valence-electron chi connectivity index (χ1n) is 6.04. The molecule has 0 saturated carbocycles. The van der Waals surface area contributed by atoms with E-state index in [1.165, 1.54) is 12.1 Å². The summed E-state index contributed by atoms with van der Waals surface area (Å²) in [6.07, 6.45) is 0. The van der Waals surface area contributed by atoms with Gasteiger partial charge < -0.3 is 5.32 Å². The second-order valence-corrected chi connectivity index (χ2v) is 6.88. The van der Waals surface area contributed by atoms with Crippen LogP contribution in [0.2, 0.25) is 0 Å². The number of anilines is 1. The molecule has 1 N–H and O–H groups in total. The summed E-state index contributed by atoms with van der Waals surface area (Å²) >= 11 is 3.35. The normalized spacial score (nSPS) is 15.0. The fourth-order valence-electron chi connectivity index (χ4n) is 2.03. The van der Waals surface area contributed by atoms with Gasteiger partial charge in [-0.1, -0.05) is 12.1 Å². The lowest BCUT2D eigenvalue weighted by Gasteiger charge is -2.08. The third kappa shape index (κ3) is 2.48. The Morgan fingerprint density at radius 3 is 2.59 bits per heavy atom. The number of sulfonamides is 1. The van der Waals surface area contributed by atoms with Crippen LogP contribution in [-0.4, -0.2) is 19.2 Å². The van der Waals surface area contributed by atoms with E-state index >= 15 is 0 Å². The largest absolute Gasteiger partial charge is 0.338 e. The molecule has 2 aromatic rings. The Morgan fingerprint density at radius 1 is 1.18 bits per heavy atom. The Kier molecular flexibility index (Phi) is 3.45. The van der Waals surface area contributed by atoms with Gasteiger partial charge in [0.05, 0.1) is 10.6 Å². The molecule has 22 heavy (non-hydrogen) atoms. The predicted molar refractivity (Wildman–Crippen MR) is 84.6 cm³/mol. The molecule has 0 amide bonds. The van der Waals surface area contributed by atoms with Gasteiger partial charge in [0.2, 0.25) is 0 Å². The van der Waals surface area contributed by atoms with Crippen molar-refractivity contribution in [2.45, 2.75) is 4.90 Å². The van der Waals surface area contributed by atoms with Crippen LogP contribution in [-0.2, 0) is 10.0 Å². The van der Waals surface area contributed by atoms with Crippen molar-refractivity contribution in [3.8, 4) is 0 Å². The highest BCUT2D eigenvalue weighted by Crippen LogP contribution is 2.31. The van der Waals surface area contributed by atoms with Gasteiger partial charge in [0.15, 0.2) is 5.84 Å². The zero-order chi connectivity index (χ0) is 15.9. The molecule has 0 bridgehead atoms. The molecule has 2 aromatic carbocycles. The van der Waals surface area contributed by atoms with E-state index < -0.39 is 14.9 Å². The van der Waals surface area contributed by atoms with Crippen molar-refractivity contribution in [1.82, 2.24) is 0 Å². The standard InChI is InChI=1S/C13H8BrN3O4S/c14-10-3-1-2-4-11(10)15-13-9-6-5-8(17(18)19)7-12(9)22(20,21)16-13/h1-7H,(H,15,16). The van der Waals surface area contributed by atoms with Gasteiger partial charge in [-0.3, -0.25) is 10.1 Å². The molecule has 1 heterocycles. The van der Waals surface area contributed by atoms with Crippen molar-refractivity contribution >= 4 is 43.2 Å². The monoisotopic (exact) mass is 381 g/mol. The number of nitro groups is 1. The summed E-state index contributed by atoms with van der Waals surface area (Å²) in [4.78, 5) is 9.97. The molecule has 9 heteroatoms. The molecular weight excluding hydrogens is 374 g/mol. The summed E-state index contributed by atoms with van der Waals surface area (Å²) < 4.78 is 28.5. The maximum atomic E-state index is 12.1. The number of nitro benzene ring substituents is 1. The molecular formula is C13H8BrN3O4S. The van der Waals surface area contributed by atoms with Crippen LogP contribution in [0.1, 0.15) is 5.56 Å². The van der Waals surface area contributed by atoms with E-state index in [2.05, 4.69) is 25.6 Å². The topological polar surface area (TPSA) is 102 Å². The molecule has 112 valence electrons. The zero-order valence-corrected chi connectivity index (χ0v) is 13.3. The third-order valence-corrected chi connectivity index (χ3v) is 5.06. The van der Waals surface area contributed by atoms with E-state index in [1.54, 1.807) is 18.2 Å². The van der Waals surface area contributed by atoms with Crippen LogP contribution in [0.3, 0.4) is 0 Å². The second kappa shape index (κ2) is 5.18. The molecule has 0 atom stereocenters. The average Bonchev–Trinajstić information content (AvgIpc) is 2.72. The van der Waals surface area contributed by atoms with Gasteiger partial charge in [0.25, 0.3) is 15.7 Å². The number of halogens is 1. The maximum absolute atomic E-state index is 12.1. The molecule has 0 spiro atoms. The number of non-ortho nitro benzene ring substituents is 1. The number of benzene rings is 2. The van der Waals surface area contributed by atoms with E-state index in [0.29, 0.717) is 11.3 Å². The summed E-state index contributed by atoms with van der Waals surface area (Å²) in [7, 11) is -3.94. The van der Waals surface area contributed by atoms with E-state index in [0.717, 1.165) is 10.5 Å².